The average molecular weight is 299 g/mol. The maximum Gasteiger partial charge on any atom is 0.219 e. The van der Waals surface area contributed by atoms with E-state index in [2.05, 4.69) is 0 Å². The molecule has 1 aliphatic rings. The van der Waals surface area contributed by atoms with Crippen LogP contribution in [0.2, 0.25) is 0 Å². The molecule has 1 aliphatic carbocycles. The predicted molar refractivity (Wildman–Crippen MR) is 74.1 cm³/mol. The highest BCUT2D eigenvalue weighted by atomic mass is 35.6. The van der Waals surface area contributed by atoms with Gasteiger partial charge in [0.25, 0.3) is 0 Å². The van der Waals surface area contributed by atoms with Crippen LogP contribution in [0, 0.1) is 0 Å². The summed E-state index contributed by atoms with van der Waals surface area (Å²) in [5.41, 5.74) is 4.14. The van der Waals surface area contributed by atoms with Gasteiger partial charge in [0.05, 0.1) is 5.56 Å². The van der Waals surface area contributed by atoms with Crippen molar-refractivity contribution in [3.8, 4) is 16.9 Å². The minimum atomic E-state index is -1.67. The summed E-state index contributed by atoms with van der Waals surface area (Å²) in [7, 11) is 0. The van der Waals surface area contributed by atoms with E-state index in [1.807, 2.05) is 30.3 Å². The van der Waals surface area contributed by atoms with Crippen molar-refractivity contribution in [3.05, 3.63) is 53.1 Å². The van der Waals surface area contributed by atoms with Crippen LogP contribution in [0.25, 0.3) is 11.1 Å². The van der Waals surface area contributed by atoms with Gasteiger partial charge in [0.15, 0.2) is 5.75 Å². The number of fused-ring (bicyclic) bond motifs is 3. The summed E-state index contributed by atoms with van der Waals surface area (Å²) >= 11 is 17.4. The highest BCUT2D eigenvalue weighted by Gasteiger charge is 2.32. The third-order valence-electron chi connectivity index (χ3n) is 3.24. The molecular weight excluding hydrogens is 291 g/mol. The molecule has 0 bridgehead atoms. The van der Waals surface area contributed by atoms with Crippen LogP contribution >= 0.6 is 34.8 Å². The molecular formula is C14H8Cl3O. The molecule has 3 rings (SSSR count). The third kappa shape index (κ3) is 1.78. The average Bonchev–Trinajstić information content (AvgIpc) is 2.68. The quantitative estimate of drug-likeness (QED) is 0.507. The predicted octanol–water partition coefficient (Wildman–Crippen LogP) is 5.23. The van der Waals surface area contributed by atoms with Gasteiger partial charge in [-0.25, -0.2) is 0 Å². The van der Waals surface area contributed by atoms with Crippen LogP contribution in [0.3, 0.4) is 0 Å². The Hall–Kier alpha value is -0.890. The van der Waals surface area contributed by atoms with Crippen LogP contribution in [0.4, 0.5) is 0 Å². The van der Waals surface area contributed by atoms with Crippen LogP contribution in [0.5, 0.6) is 5.75 Å². The number of benzene rings is 2. The highest BCUT2D eigenvalue weighted by Crippen LogP contribution is 2.49. The standard InChI is InChI=1S/C14H8Cl3O/c15-14(16,17)12-6-5-10-9-4-2-1-3-8(9)7-11(10)13(12)18/h1-6H,7H2. The molecule has 4 heteroatoms. The first-order valence-corrected chi connectivity index (χ1v) is 6.60. The molecule has 0 atom stereocenters. The number of hydrogen-bond donors (Lipinski definition) is 0. The Labute approximate surface area is 120 Å². The summed E-state index contributed by atoms with van der Waals surface area (Å²) in [4.78, 5) is 0. The van der Waals surface area contributed by atoms with E-state index in [4.69, 9.17) is 34.8 Å². The van der Waals surface area contributed by atoms with Gasteiger partial charge in [-0.15, -0.1) is 0 Å². The Balaban J connectivity index is 2.22. The fraction of sp³-hybridized carbons (Fsp3) is 0.143. The van der Waals surface area contributed by atoms with Crippen molar-refractivity contribution < 1.29 is 5.11 Å². The lowest BCUT2D eigenvalue weighted by Crippen LogP contribution is -2.01. The third-order valence-corrected chi connectivity index (χ3v) is 3.85. The van der Waals surface area contributed by atoms with Crippen molar-refractivity contribution in [2.45, 2.75) is 10.2 Å². The zero-order valence-corrected chi connectivity index (χ0v) is 11.5. The number of halogens is 3. The summed E-state index contributed by atoms with van der Waals surface area (Å²) in [6, 6.07) is 11.4. The lowest BCUT2D eigenvalue weighted by Gasteiger charge is -2.14. The normalized spacial score (nSPS) is 13.3. The SMILES string of the molecule is [O]c1c(C(Cl)(Cl)Cl)ccc2c1Cc1ccccc1-2. The largest absolute Gasteiger partial charge is 0.289 e. The molecule has 0 N–H and O–H groups in total. The Morgan fingerprint density at radius 1 is 0.944 bits per heavy atom. The fourth-order valence-electron chi connectivity index (χ4n) is 2.41. The van der Waals surface area contributed by atoms with Crippen molar-refractivity contribution in [2.24, 2.45) is 0 Å². The molecule has 1 radical (unpaired) electrons. The molecule has 0 heterocycles. The minimum Gasteiger partial charge on any atom is -0.289 e. The van der Waals surface area contributed by atoms with Crippen molar-refractivity contribution in [1.82, 2.24) is 0 Å². The zero-order valence-electron chi connectivity index (χ0n) is 9.21. The molecule has 0 amide bonds. The highest BCUT2D eigenvalue weighted by molar-refractivity contribution is 6.66. The Morgan fingerprint density at radius 2 is 1.67 bits per heavy atom. The summed E-state index contributed by atoms with van der Waals surface area (Å²) < 4.78 is -1.67. The summed E-state index contributed by atoms with van der Waals surface area (Å²) in [6.45, 7) is 0. The van der Waals surface area contributed by atoms with E-state index in [0.717, 1.165) is 22.3 Å². The first-order chi connectivity index (χ1) is 8.48. The number of hydrogen-bond acceptors (Lipinski definition) is 0. The molecule has 0 aliphatic heterocycles. The second-order valence-corrected chi connectivity index (χ2v) is 6.58. The molecule has 0 fully saturated rings. The van der Waals surface area contributed by atoms with E-state index in [1.54, 1.807) is 6.07 Å². The number of rotatable bonds is 0. The summed E-state index contributed by atoms with van der Waals surface area (Å²) in [6.07, 6.45) is 0.610. The van der Waals surface area contributed by atoms with E-state index in [9.17, 15) is 5.11 Å². The molecule has 0 spiro atoms. The lowest BCUT2D eigenvalue weighted by atomic mass is 10.0. The second kappa shape index (κ2) is 4.06. The van der Waals surface area contributed by atoms with Gasteiger partial charge < -0.3 is 0 Å². The molecule has 91 valence electrons. The Bertz CT molecular complexity index is 629. The number of alkyl halides is 3. The second-order valence-electron chi connectivity index (χ2n) is 4.30. The smallest absolute Gasteiger partial charge is 0.219 e. The molecule has 1 nitrogen and oxygen atoms in total. The van der Waals surface area contributed by atoms with Crippen LogP contribution in [0.15, 0.2) is 36.4 Å². The van der Waals surface area contributed by atoms with E-state index in [-0.39, 0.29) is 11.3 Å². The first kappa shape index (κ1) is 12.2. The van der Waals surface area contributed by atoms with E-state index in [1.165, 1.54) is 0 Å². The van der Waals surface area contributed by atoms with Crippen molar-refractivity contribution >= 4 is 34.8 Å². The van der Waals surface area contributed by atoms with Gasteiger partial charge in [0, 0.05) is 12.0 Å². The van der Waals surface area contributed by atoms with Gasteiger partial charge in [-0.2, -0.15) is 0 Å². The van der Waals surface area contributed by atoms with E-state index in [0.29, 0.717) is 6.42 Å². The molecule has 18 heavy (non-hydrogen) atoms. The van der Waals surface area contributed by atoms with Crippen LogP contribution in [-0.4, -0.2) is 0 Å². The zero-order chi connectivity index (χ0) is 12.9. The molecule has 2 aromatic rings. The Kier molecular flexibility index (Phi) is 2.74. The minimum absolute atomic E-state index is 0.163. The van der Waals surface area contributed by atoms with Gasteiger partial charge in [-0.3, -0.25) is 5.11 Å². The fourth-order valence-corrected chi connectivity index (χ4v) is 2.85. The monoisotopic (exact) mass is 297 g/mol. The van der Waals surface area contributed by atoms with Gasteiger partial charge in [-0.1, -0.05) is 71.2 Å². The molecule has 0 saturated carbocycles. The van der Waals surface area contributed by atoms with Crippen LogP contribution in [-0.2, 0) is 15.3 Å². The van der Waals surface area contributed by atoms with E-state index < -0.39 is 3.79 Å². The van der Waals surface area contributed by atoms with Gasteiger partial charge in [0.1, 0.15) is 0 Å². The van der Waals surface area contributed by atoms with Crippen LogP contribution in [0.1, 0.15) is 16.7 Å². The van der Waals surface area contributed by atoms with Gasteiger partial charge >= 0.3 is 0 Å². The lowest BCUT2D eigenvalue weighted by molar-refractivity contribution is 0.347. The maximum atomic E-state index is 12.3. The first-order valence-electron chi connectivity index (χ1n) is 5.47. The van der Waals surface area contributed by atoms with Gasteiger partial charge in [0.2, 0.25) is 3.79 Å². The van der Waals surface area contributed by atoms with Crippen LogP contribution < -0.4 is 0 Å². The maximum absolute atomic E-state index is 12.3. The van der Waals surface area contributed by atoms with Gasteiger partial charge in [-0.05, 0) is 16.7 Å². The van der Waals surface area contributed by atoms with Crippen molar-refractivity contribution in [3.63, 3.8) is 0 Å². The molecule has 0 aromatic heterocycles. The Morgan fingerprint density at radius 3 is 2.39 bits per heavy atom. The summed E-state index contributed by atoms with van der Waals surface area (Å²) in [5.74, 6) is -0.163. The topological polar surface area (TPSA) is 19.9 Å². The molecule has 0 unspecified atom stereocenters. The van der Waals surface area contributed by atoms with E-state index >= 15 is 0 Å². The van der Waals surface area contributed by atoms with Crippen molar-refractivity contribution in [2.75, 3.05) is 0 Å². The van der Waals surface area contributed by atoms with Crippen molar-refractivity contribution in [1.29, 1.82) is 0 Å². The molecule has 2 aromatic carbocycles. The summed E-state index contributed by atoms with van der Waals surface area (Å²) in [5, 5.41) is 12.3. The molecule has 0 saturated heterocycles.